The van der Waals surface area contributed by atoms with Gasteiger partial charge >= 0.3 is 12.1 Å². The van der Waals surface area contributed by atoms with E-state index in [1.54, 1.807) is 6.92 Å². The second-order valence-electron chi connectivity index (χ2n) is 6.65. The lowest BCUT2D eigenvalue weighted by atomic mass is 9.98. The third kappa shape index (κ3) is 3.20. The van der Waals surface area contributed by atoms with Crippen LogP contribution < -0.4 is 5.32 Å². The van der Waals surface area contributed by atoms with Crippen LogP contribution in [0.25, 0.3) is 11.1 Å². The quantitative estimate of drug-likeness (QED) is 0.704. The molecule has 0 fully saturated rings. The number of aryl methyl sites for hydroxylation is 1. The molecule has 2 N–H and O–H groups in total. The van der Waals surface area contributed by atoms with Crippen LogP contribution in [0.15, 0.2) is 60.8 Å². The highest BCUT2D eigenvalue weighted by Crippen LogP contribution is 2.44. The third-order valence-electron chi connectivity index (χ3n) is 4.89. The van der Waals surface area contributed by atoms with Crippen molar-refractivity contribution in [2.45, 2.75) is 12.8 Å². The molecule has 0 atom stereocenters. The molecule has 0 saturated heterocycles. The second-order valence-corrected chi connectivity index (χ2v) is 6.65. The molecule has 0 bridgehead atoms. The Morgan fingerprint density at radius 1 is 1.07 bits per heavy atom. The molecule has 0 unspecified atom stereocenters. The summed E-state index contributed by atoms with van der Waals surface area (Å²) in [4.78, 5) is 27.3. The maximum Gasteiger partial charge on any atom is 0.412 e. The van der Waals surface area contributed by atoms with E-state index in [1.165, 1.54) is 12.3 Å². The Labute approximate surface area is 161 Å². The lowest BCUT2D eigenvalue weighted by Gasteiger charge is -2.15. The van der Waals surface area contributed by atoms with Gasteiger partial charge in [-0.2, -0.15) is 0 Å². The van der Waals surface area contributed by atoms with Gasteiger partial charge in [0.2, 0.25) is 0 Å². The van der Waals surface area contributed by atoms with E-state index in [0.29, 0.717) is 5.56 Å². The number of pyridine rings is 1. The van der Waals surface area contributed by atoms with Gasteiger partial charge in [-0.3, -0.25) is 5.32 Å². The monoisotopic (exact) mass is 374 g/mol. The summed E-state index contributed by atoms with van der Waals surface area (Å²) >= 11 is 0. The van der Waals surface area contributed by atoms with Crippen molar-refractivity contribution < 1.29 is 19.4 Å². The first-order chi connectivity index (χ1) is 13.5. The van der Waals surface area contributed by atoms with Gasteiger partial charge in [-0.05, 0) is 40.8 Å². The smallest absolute Gasteiger partial charge is 0.412 e. The fraction of sp³-hybridized carbons (Fsp3) is 0.136. The average molecular weight is 374 g/mol. The van der Waals surface area contributed by atoms with Crippen LogP contribution in [0.4, 0.5) is 10.6 Å². The van der Waals surface area contributed by atoms with Crippen molar-refractivity contribution in [2.75, 3.05) is 11.9 Å². The summed E-state index contributed by atoms with van der Waals surface area (Å²) in [6.45, 7) is 1.88. The molecule has 0 saturated carbocycles. The number of amides is 1. The number of anilines is 1. The molecule has 4 rings (SSSR count). The van der Waals surface area contributed by atoms with E-state index >= 15 is 0 Å². The van der Waals surface area contributed by atoms with Crippen molar-refractivity contribution in [2.24, 2.45) is 0 Å². The third-order valence-corrected chi connectivity index (χ3v) is 4.89. The van der Waals surface area contributed by atoms with Gasteiger partial charge in [-0.15, -0.1) is 0 Å². The number of nitrogens with one attached hydrogen (secondary N) is 1. The molecule has 140 valence electrons. The zero-order valence-electron chi connectivity index (χ0n) is 15.2. The summed E-state index contributed by atoms with van der Waals surface area (Å²) < 4.78 is 5.47. The van der Waals surface area contributed by atoms with E-state index in [2.05, 4.69) is 34.6 Å². The number of aromatic nitrogens is 1. The molecule has 28 heavy (non-hydrogen) atoms. The van der Waals surface area contributed by atoms with E-state index < -0.39 is 12.1 Å². The first-order valence-corrected chi connectivity index (χ1v) is 8.86. The summed E-state index contributed by atoms with van der Waals surface area (Å²) in [5, 5.41) is 11.6. The number of rotatable bonds is 4. The number of nitrogens with zero attached hydrogens (tertiary/aromatic N) is 1. The molecule has 6 heteroatoms. The van der Waals surface area contributed by atoms with Crippen LogP contribution in [-0.4, -0.2) is 28.8 Å². The van der Waals surface area contributed by atoms with Crippen molar-refractivity contribution in [3.8, 4) is 11.1 Å². The zero-order valence-corrected chi connectivity index (χ0v) is 15.2. The van der Waals surface area contributed by atoms with Crippen LogP contribution in [-0.2, 0) is 4.74 Å². The van der Waals surface area contributed by atoms with Gasteiger partial charge in [0.25, 0.3) is 0 Å². The minimum atomic E-state index is -1.07. The molecule has 1 heterocycles. The molecule has 1 aliphatic rings. The first-order valence-electron chi connectivity index (χ1n) is 8.86. The molecule has 0 aliphatic heterocycles. The molecular weight excluding hydrogens is 356 g/mol. The molecule has 1 aromatic heterocycles. The zero-order chi connectivity index (χ0) is 19.7. The van der Waals surface area contributed by atoms with Gasteiger partial charge in [-0.25, -0.2) is 14.6 Å². The predicted octanol–water partition coefficient (Wildman–Crippen LogP) is 4.45. The molecule has 6 nitrogen and oxygen atoms in total. The fourth-order valence-corrected chi connectivity index (χ4v) is 3.55. The number of hydrogen-bond donors (Lipinski definition) is 2. The number of hydrogen-bond acceptors (Lipinski definition) is 4. The number of carboxylic acids is 1. The molecular formula is C22H18N2O4. The normalized spacial score (nSPS) is 12.2. The molecule has 0 radical (unpaired) electrons. The van der Waals surface area contributed by atoms with Crippen LogP contribution in [0.3, 0.4) is 0 Å². The second kappa shape index (κ2) is 7.15. The summed E-state index contributed by atoms with van der Waals surface area (Å²) in [7, 11) is 0. The van der Waals surface area contributed by atoms with Gasteiger partial charge in [0, 0.05) is 12.1 Å². The van der Waals surface area contributed by atoms with Crippen LogP contribution in [0.1, 0.15) is 33.0 Å². The van der Waals surface area contributed by atoms with Gasteiger partial charge in [0.1, 0.15) is 12.4 Å². The molecule has 2 aromatic carbocycles. The molecule has 1 amide bonds. The van der Waals surface area contributed by atoms with Crippen LogP contribution >= 0.6 is 0 Å². The Hall–Kier alpha value is -3.67. The van der Waals surface area contributed by atoms with E-state index in [0.717, 1.165) is 22.3 Å². The van der Waals surface area contributed by atoms with Gasteiger partial charge in [0.15, 0.2) is 0 Å². The van der Waals surface area contributed by atoms with Crippen molar-refractivity contribution in [3.05, 3.63) is 83.0 Å². The highest BCUT2D eigenvalue weighted by molar-refractivity contribution is 5.89. The number of fused-ring (bicyclic) bond motifs is 3. The number of aromatic carboxylic acids is 1. The van der Waals surface area contributed by atoms with E-state index in [1.807, 2.05) is 24.3 Å². The number of ether oxygens (including phenoxy) is 1. The van der Waals surface area contributed by atoms with Crippen LogP contribution in [0.2, 0.25) is 0 Å². The molecule has 0 spiro atoms. The van der Waals surface area contributed by atoms with Crippen LogP contribution in [0.5, 0.6) is 0 Å². The number of carbonyl (C=O) groups is 2. The van der Waals surface area contributed by atoms with E-state index in [-0.39, 0.29) is 23.9 Å². The Bertz CT molecular complexity index is 1030. The van der Waals surface area contributed by atoms with Crippen molar-refractivity contribution in [1.29, 1.82) is 0 Å². The molecule has 3 aromatic rings. The Morgan fingerprint density at radius 3 is 2.25 bits per heavy atom. The Morgan fingerprint density at radius 2 is 1.68 bits per heavy atom. The van der Waals surface area contributed by atoms with E-state index in [4.69, 9.17) is 9.84 Å². The maximum atomic E-state index is 12.3. The Balaban J connectivity index is 1.48. The minimum absolute atomic E-state index is 0.0263. The SMILES string of the molecule is Cc1cc(C(=O)O)cnc1NC(=O)OCC1c2ccccc2-c2ccccc21. The lowest BCUT2D eigenvalue weighted by Crippen LogP contribution is -2.19. The first kappa shape index (κ1) is 17.7. The number of benzene rings is 2. The summed E-state index contributed by atoms with van der Waals surface area (Å²) in [6, 6.07) is 17.7. The highest BCUT2D eigenvalue weighted by Gasteiger charge is 2.29. The van der Waals surface area contributed by atoms with Gasteiger partial charge in [0.05, 0.1) is 5.56 Å². The van der Waals surface area contributed by atoms with Crippen molar-refractivity contribution in [3.63, 3.8) is 0 Å². The van der Waals surface area contributed by atoms with E-state index in [9.17, 15) is 9.59 Å². The minimum Gasteiger partial charge on any atom is -0.478 e. The fourth-order valence-electron chi connectivity index (χ4n) is 3.55. The standard InChI is InChI=1S/C22H18N2O4/c1-13-10-14(21(25)26)11-23-20(13)24-22(27)28-12-19-17-8-4-2-6-15(17)16-7-3-5-9-18(16)19/h2-11,19H,12H2,1H3,(H,25,26)(H,23,24,27). The highest BCUT2D eigenvalue weighted by atomic mass is 16.5. The summed E-state index contributed by atoms with van der Waals surface area (Å²) in [5.74, 6) is -0.813. The van der Waals surface area contributed by atoms with Crippen molar-refractivity contribution in [1.82, 2.24) is 4.98 Å². The van der Waals surface area contributed by atoms with Gasteiger partial charge in [-0.1, -0.05) is 48.5 Å². The van der Waals surface area contributed by atoms with Gasteiger partial charge < -0.3 is 9.84 Å². The largest absolute Gasteiger partial charge is 0.478 e. The van der Waals surface area contributed by atoms with Crippen molar-refractivity contribution >= 4 is 17.9 Å². The topological polar surface area (TPSA) is 88.5 Å². The van der Waals surface area contributed by atoms with Crippen LogP contribution in [0, 0.1) is 6.92 Å². The molecule has 1 aliphatic carbocycles. The number of carbonyl (C=O) groups excluding carboxylic acids is 1. The maximum absolute atomic E-state index is 12.3. The predicted molar refractivity (Wildman–Crippen MR) is 105 cm³/mol. The lowest BCUT2D eigenvalue weighted by molar-refractivity contribution is 0.0696. The Kier molecular flexibility index (Phi) is 4.53. The average Bonchev–Trinajstić information content (AvgIpc) is 3.02. The summed E-state index contributed by atoms with van der Waals surface area (Å²) in [6.07, 6.45) is 0.578. The number of carboxylic acid groups (broad SMARTS) is 1. The summed E-state index contributed by atoms with van der Waals surface area (Å²) in [5.41, 5.74) is 5.21.